The average Bonchev–Trinajstić information content (AvgIpc) is 2.91. The number of halogens is 1. The Kier molecular flexibility index (Phi) is 7.02. The van der Waals surface area contributed by atoms with E-state index in [9.17, 15) is 24.2 Å². The molecule has 0 aliphatic heterocycles. The zero-order valence-corrected chi connectivity index (χ0v) is 18.0. The molecular weight excluding hydrogens is 393 g/mol. The van der Waals surface area contributed by atoms with Gasteiger partial charge >= 0.3 is 0 Å². The number of aliphatic hydroxyl groups is 2. The summed E-state index contributed by atoms with van der Waals surface area (Å²) in [4.78, 5) is 30.3. The van der Waals surface area contributed by atoms with Crippen LogP contribution in [0.5, 0.6) is 0 Å². The predicted molar refractivity (Wildman–Crippen MR) is 109 cm³/mol. The Morgan fingerprint density at radius 3 is 2.47 bits per heavy atom. The van der Waals surface area contributed by atoms with Gasteiger partial charge in [-0.1, -0.05) is 0 Å². The molecule has 1 heterocycles. The quantitative estimate of drug-likeness (QED) is 0.512. The molecule has 1 atom stereocenters. The molecule has 0 saturated heterocycles. The van der Waals surface area contributed by atoms with E-state index in [1.165, 1.54) is 18.2 Å². The highest BCUT2D eigenvalue weighted by Crippen LogP contribution is 2.28. The first-order chi connectivity index (χ1) is 13.9. The van der Waals surface area contributed by atoms with Crippen molar-refractivity contribution in [2.24, 2.45) is 7.05 Å². The number of carbonyl (C=O) groups excluding carboxylic acids is 2. The molecule has 1 unspecified atom stereocenters. The van der Waals surface area contributed by atoms with E-state index in [-0.39, 0.29) is 18.1 Å². The number of hydroxylamine groups is 1. The second kappa shape index (κ2) is 8.95. The molecule has 164 valence electrons. The number of amides is 2. The zero-order chi connectivity index (χ0) is 22.8. The van der Waals surface area contributed by atoms with Crippen molar-refractivity contribution >= 4 is 17.5 Å². The molecule has 0 spiro atoms. The minimum absolute atomic E-state index is 0.232. The fourth-order valence-corrected chi connectivity index (χ4v) is 3.04. The topological polar surface area (TPSA) is 113 Å². The third kappa shape index (κ3) is 4.86. The minimum atomic E-state index is -1.60. The maximum atomic E-state index is 13.5. The van der Waals surface area contributed by atoms with Crippen LogP contribution < -0.4 is 10.8 Å². The van der Waals surface area contributed by atoms with Gasteiger partial charge in [-0.05, 0) is 63.9 Å². The summed E-state index contributed by atoms with van der Waals surface area (Å²) in [6, 6.07) is 4.24. The van der Waals surface area contributed by atoms with Gasteiger partial charge < -0.3 is 20.1 Å². The predicted octanol–water partition coefficient (Wildman–Crippen LogP) is 2.19. The normalized spacial score (nSPS) is 12.6. The Labute approximate surface area is 174 Å². The van der Waals surface area contributed by atoms with Crippen molar-refractivity contribution in [1.29, 1.82) is 0 Å². The molecule has 4 N–H and O–H groups in total. The first-order valence-electron chi connectivity index (χ1n) is 9.39. The molecule has 0 bridgehead atoms. The van der Waals surface area contributed by atoms with Crippen LogP contribution in [-0.2, 0) is 16.7 Å². The summed E-state index contributed by atoms with van der Waals surface area (Å²) in [6.45, 7) is 7.71. The van der Waals surface area contributed by atoms with E-state index in [0.29, 0.717) is 28.1 Å². The van der Waals surface area contributed by atoms with E-state index in [2.05, 4.69) is 10.8 Å². The van der Waals surface area contributed by atoms with Crippen molar-refractivity contribution in [3.8, 4) is 0 Å². The lowest BCUT2D eigenvalue weighted by atomic mass is 10.1. The van der Waals surface area contributed by atoms with E-state index < -0.39 is 23.5 Å². The van der Waals surface area contributed by atoms with E-state index in [1.54, 1.807) is 46.2 Å². The molecule has 8 nitrogen and oxygen atoms in total. The third-order valence-electron chi connectivity index (χ3n) is 4.94. The Morgan fingerprint density at radius 1 is 1.27 bits per heavy atom. The Bertz CT molecular complexity index is 968. The van der Waals surface area contributed by atoms with Crippen LogP contribution in [0.15, 0.2) is 18.2 Å². The second-order valence-corrected chi connectivity index (χ2v) is 7.84. The Hall–Kier alpha value is -2.75. The van der Waals surface area contributed by atoms with Crippen LogP contribution in [0.1, 0.15) is 52.8 Å². The minimum Gasteiger partial charge on any atom is -0.393 e. The molecule has 2 amide bonds. The number of nitrogens with zero attached hydrogens (tertiary/aromatic N) is 1. The molecule has 30 heavy (non-hydrogen) atoms. The number of nitrogens with one attached hydrogen (secondary N) is 2. The highest BCUT2D eigenvalue weighted by molar-refractivity contribution is 6.06. The highest BCUT2D eigenvalue weighted by Gasteiger charge is 2.30. The first-order valence-corrected chi connectivity index (χ1v) is 9.39. The van der Waals surface area contributed by atoms with Crippen molar-refractivity contribution < 1.29 is 29.0 Å². The molecule has 2 aromatic rings. The van der Waals surface area contributed by atoms with Crippen molar-refractivity contribution in [2.45, 2.75) is 46.3 Å². The van der Waals surface area contributed by atoms with Crippen molar-refractivity contribution in [3.05, 3.63) is 52.1 Å². The Morgan fingerprint density at radius 2 is 1.90 bits per heavy atom. The summed E-state index contributed by atoms with van der Waals surface area (Å²) in [5.41, 5.74) is 3.45. The summed E-state index contributed by atoms with van der Waals surface area (Å²) in [6.07, 6.45) is -1.60. The van der Waals surface area contributed by atoms with E-state index in [0.717, 1.165) is 0 Å². The number of carbonyl (C=O) groups is 2. The van der Waals surface area contributed by atoms with Crippen molar-refractivity contribution in [1.82, 2.24) is 10.0 Å². The number of aromatic nitrogens is 1. The van der Waals surface area contributed by atoms with Gasteiger partial charge in [-0.2, -0.15) is 0 Å². The van der Waals surface area contributed by atoms with Crippen LogP contribution in [-0.4, -0.2) is 38.8 Å². The van der Waals surface area contributed by atoms with Crippen molar-refractivity contribution in [3.63, 3.8) is 0 Å². The van der Waals surface area contributed by atoms with Gasteiger partial charge in [0.15, 0.2) is 6.10 Å². The monoisotopic (exact) mass is 421 g/mol. The fraction of sp³-hybridized carbons (Fsp3) is 0.429. The number of aryl methyl sites for hydroxylation is 1. The van der Waals surface area contributed by atoms with Gasteiger partial charge in [0.1, 0.15) is 11.4 Å². The van der Waals surface area contributed by atoms with Crippen LogP contribution in [0.4, 0.5) is 10.1 Å². The molecule has 1 aromatic carbocycles. The van der Waals surface area contributed by atoms with Crippen LogP contribution in [0.25, 0.3) is 0 Å². The molecular formula is C21H28FN3O5. The van der Waals surface area contributed by atoms with Crippen molar-refractivity contribution in [2.75, 3.05) is 11.9 Å². The first kappa shape index (κ1) is 23.5. The number of aliphatic hydroxyl groups excluding tert-OH is 2. The molecule has 0 saturated carbocycles. The summed E-state index contributed by atoms with van der Waals surface area (Å²) >= 11 is 0. The SMILES string of the molecule is Cc1cc(NC(=O)c2c(C)c(C(O)C(=O)NOC(C)(C)CO)n(C)c2C)ccc1F. The van der Waals surface area contributed by atoms with Gasteiger partial charge in [-0.15, -0.1) is 0 Å². The second-order valence-electron chi connectivity index (χ2n) is 7.84. The number of hydrogen-bond acceptors (Lipinski definition) is 5. The van der Waals surface area contributed by atoms with Gasteiger partial charge in [0.25, 0.3) is 11.8 Å². The van der Waals surface area contributed by atoms with Crippen LogP contribution >= 0.6 is 0 Å². The zero-order valence-electron chi connectivity index (χ0n) is 18.0. The van der Waals surface area contributed by atoms with E-state index >= 15 is 0 Å². The highest BCUT2D eigenvalue weighted by atomic mass is 19.1. The maximum Gasteiger partial charge on any atom is 0.278 e. The smallest absolute Gasteiger partial charge is 0.278 e. The summed E-state index contributed by atoms with van der Waals surface area (Å²) in [5, 5.41) is 22.5. The van der Waals surface area contributed by atoms with Gasteiger partial charge in [0.05, 0.1) is 17.9 Å². The molecule has 0 aliphatic rings. The number of hydrogen-bond donors (Lipinski definition) is 4. The summed E-state index contributed by atoms with van der Waals surface area (Å²) in [7, 11) is 1.63. The lowest BCUT2D eigenvalue weighted by Crippen LogP contribution is -2.40. The molecule has 0 aliphatic carbocycles. The molecule has 1 aromatic heterocycles. The van der Waals surface area contributed by atoms with Gasteiger partial charge in [-0.3, -0.25) is 14.4 Å². The largest absolute Gasteiger partial charge is 0.393 e. The average molecular weight is 421 g/mol. The van der Waals surface area contributed by atoms with E-state index in [4.69, 9.17) is 4.84 Å². The van der Waals surface area contributed by atoms with Gasteiger partial charge in [0, 0.05) is 18.4 Å². The lowest BCUT2D eigenvalue weighted by molar-refractivity contribution is -0.161. The third-order valence-corrected chi connectivity index (χ3v) is 4.94. The molecule has 0 radical (unpaired) electrons. The van der Waals surface area contributed by atoms with Gasteiger partial charge in [-0.25, -0.2) is 9.87 Å². The number of benzene rings is 1. The maximum absolute atomic E-state index is 13.5. The lowest BCUT2D eigenvalue weighted by Gasteiger charge is -2.23. The standard InChI is InChI=1S/C21H28FN3O5/c1-11-9-14(7-8-15(11)22)23-19(28)16-12(2)17(25(6)13(16)3)18(27)20(29)24-30-21(4,5)10-26/h7-9,18,26-27H,10H2,1-6H3,(H,23,28)(H,24,29). The van der Waals surface area contributed by atoms with Gasteiger partial charge in [0.2, 0.25) is 0 Å². The fourth-order valence-electron chi connectivity index (χ4n) is 3.04. The molecule has 9 heteroatoms. The summed E-state index contributed by atoms with van der Waals surface area (Å²) in [5.74, 6) is -1.65. The van der Waals surface area contributed by atoms with Crippen LogP contribution in [0, 0.1) is 26.6 Å². The molecule has 2 rings (SSSR count). The van der Waals surface area contributed by atoms with Crippen LogP contribution in [0.2, 0.25) is 0 Å². The number of anilines is 1. The Balaban J connectivity index is 2.28. The summed E-state index contributed by atoms with van der Waals surface area (Å²) < 4.78 is 15.0. The van der Waals surface area contributed by atoms with E-state index in [1.807, 2.05) is 0 Å². The molecule has 0 fully saturated rings. The number of rotatable bonds is 7. The van der Waals surface area contributed by atoms with Crippen LogP contribution in [0.3, 0.4) is 0 Å².